The van der Waals surface area contributed by atoms with Crippen LogP contribution in [0.2, 0.25) is 0 Å². The molecule has 3 aromatic heterocycles. The fourth-order valence-electron chi connectivity index (χ4n) is 7.19. The highest BCUT2D eigenvalue weighted by atomic mass is 16.3. The molecule has 0 saturated carbocycles. The fourth-order valence-corrected chi connectivity index (χ4v) is 7.19. The first-order valence-electron chi connectivity index (χ1n) is 16.7. The zero-order valence-corrected chi connectivity index (χ0v) is 26.9. The van der Waals surface area contributed by atoms with E-state index in [0.29, 0.717) is 17.5 Å². The summed E-state index contributed by atoms with van der Waals surface area (Å²) in [6.45, 7) is 0. The Morgan fingerprint density at radius 3 is 1.72 bits per heavy atom. The molecule has 0 aliphatic carbocycles. The maximum atomic E-state index is 6.64. The predicted molar refractivity (Wildman–Crippen MR) is 203 cm³/mol. The summed E-state index contributed by atoms with van der Waals surface area (Å²) in [5.41, 5.74) is 10.1. The maximum absolute atomic E-state index is 6.64. The summed E-state index contributed by atoms with van der Waals surface area (Å²) in [7, 11) is 0. The Labute approximate surface area is 287 Å². The molecule has 0 N–H and O–H groups in total. The molecule has 0 bridgehead atoms. The van der Waals surface area contributed by atoms with Gasteiger partial charge >= 0.3 is 0 Å². The minimum absolute atomic E-state index is 0.570. The van der Waals surface area contributed by atoms with Gasteiger partial charge in [0.25, 0.3) is 0 Å². The molecule has 7 aromatic carbocycles. The van der Waals surface area contributed by atoms with Crippen LogP contribution in [0, 0.1) is 0 Å². The van der Waals surface area contributed by atoms with Crippen molar-refractivity contribution in [3.05, 3.63) is 170 Å². The van der Waals surface area contributed by atoms with Crippen molar-refractivity contribution in [1.82, 2.24) is 19.5 Å². The molecule has 0 unspecified atom stereocenters. The summed E-state index contributed by atoms with van der Waals surface area (Å²) in [4.78, 5) is 14.9. The molecule has 0 fully saturated rings. The number of aromatic nitrogens is 4. The number of nitrogens with zero attached hydrogens (tertiary/aromatic N) is 4. The number of rotatable bonds is 5. The Kier molecular flexibility index (Phi) is 6.42. The fraction of sp³-hybridized carbons (Fsp3) is 0. The van der Waals surface area contributed by atoms with Crippen molar-refractivity contribution in [2.45, 2.75) is 0 Å². The van der Waals surface area contributed by atoms with Crippen molar-refractivity contribution in [2.24, 2.45) is 0 Å². The second kappa shape index (κ2) is 11.4. The average molecular weight is 641 g/mol. The van der Waals surface area contributed by atoms with E-state index >= 15 is 0 Å². The van der Waals surface area contributed by atoms with E-state index < -0.39 is 0 Å². The van der Waals surface area contributed by atoms with Crippen LogP contribution >= 0.6 is 0 Å². The van der Waals surface area contributed by atoms with Crippen molar-refractivity contribution in [3.8, 4) is 51.0 Å². The lowest BCUT2D eigenvalue weighted by atomic mass is 9.97. The van der Waals surface area contributed by atoms with Crippen LogP contribution in [0.15, 0.2) is 174 Å². The quantitative estimate of drug-likeness (QED) is 0.188. The molecule has 234 valence electrons. The minimum atomic E-state index is 0.570. The molecule has 50 heavy (non-hydrogen) atoms. The molecule has 3 heterocycles. The topological polar surface area (TPSA) is 56.7 Å². The van der Waals surface area contributed by atoms with Crippen LogP contribution in [-0.2, 0) is 0 Å². The third-order valence-electron chi connectivity index (χ3n) is 9.46. The second-order valence-corrected chi connectivity index (χ2v) is 12.4. The largest absolute Gasteiger partial charge is 0.455 e. The van der Waals surface area contributed by atoms with Crippen LogP contribution in [0.25, 0.3) is 94.7 Å². The van der Waals surface area contributed by atoms with Gasteiger partial charge in [0.05, 0.1) is 16.6 Å². The van der Waals surface area contributed by atoms with Crippen molar-refractivity contribution < 1.29 is 4.42 Å². The number of hydrogen-bond donors (Lipinski definition) is 0. The summed E-state index contributed by atoms with van der Waals surface area (Å²) in [6, 6.07) is 58.6. The van der Waals surface area contributed by atoms with E-state index in [-0.39, 0.29) is 0 Å². The van der Waals surface area contributed by atoms with Gasteiger partial charge in [-0.25, -0.2) is 15.0 Å². The third kappa shape index (κ3) is 4.52. The summed E-state index contributed by atoms with van der Waals surface area (Å²) in [6.07, 6.45) is 0. The molecule has 10 aromatic rings. The first-order valence-corrected chi connectivity index (χ1v) is 16.7. The van der Waals surface area contributed by atoms with Gasteiger partial charge in [-0.1, -0.05) is 127 Å². The Morgan fingerprint density at radius 1 is 0.400 bits per heavy atom. The van der Waals surface area contributed by atoms with E-state index in [1.165, 1.54) is 27.4 Å². The van der Waals surface area contributed by atoms with Crippen LogP contribution in [-0.4, -0.2) is 19.5 Å². The molecule has 0 aliphatic rings. The van der Waals surface area contributed by atoms with E-state index in [0.717, 1.165) is 49.9 Å². The van der Waals surface area contributed by atoms with E-state index in [2.05, 4.69) is 108 Å². The Balaban J connectivity index is 1.17. The molecular formula is C45H28N4O. The van der Waals surface area contributed by atoms with E-state index in [1.807, 2.05) is 66.7 Å². The molecule has 0 amide bonds. The number of benzene rings is 7. The molecule has 0 atom stereocenters. The number of fused-ring (bicyclic) bond motifs is 6. The van der Waals surface area contributed by atoms with Gasteiger partial charge in [-0.3, -0.25) is 0 Å². The molecule has 5 heteroatoms. The third-order valence-corrected chi connectivity index (χ3v) is 9.46. The molecule has 0 aliphatic heterocycles. The smallest absolute Gasteiger partial charge is 0.167 e. The van der Waals surface area contributed by atoms with Crippen molar-refractivity contribution in [2.75, 3.05) is 0 Å². The Bertz CT molecular complexity index is 2800. The second-order valence-electron chi connectivity index (χ2n) is 12.4. The zero-order chi connectivity index (χ0) is 33.0. The Morgan fingerprint density at radius 2 is 0.980 bits per heavy atom. The van der Waals surface area contributed by atoms with Crippen molar-refractivity contribution in [1.29, 1.82) is 0 Å². The molecule has 5 nitrogen and oxygen atoms in total. The van der Waals surface area contributed by atoms with Crippen LogP contribution in [0.1, 0.15) is 0 Å². The highest BCUT2D eigenvalue weighted by Crippen LogP contribution is 2.41. The van der Waals surface area contributed by atoms with Crippen molar-refractivity contribution in [3.63, 3.8) is 0 Å². The number of hydrogen-bond acceptors (Lipinski definition) is 4. The van der Waals surface area contributed by atoms with Crippen molar-refractivity contribution >= 4 is 43.7 Å². The highest BCUT2D eigenvalue weighted by molar-refractivity contribution is 6.17. The van der Waals surface area contributed by atoms with Crippen LogP contribution in [0.5, 0.6) is 0 Å². The predicted octanol–water partition coefficient (Wildman–Crippen LogP) is 11.5. The van der Waals surface area contributed by atoms with Gasteiger partial charge in [0, 0.05) is 38.4 Å². The van der Waals surface area contributed by atoms with Crippen LogP contribution < -0.4 is 0 Å². The standard InChI is InChI=1S/C45H28N4O/c1-4-14-29(15-5-1)43-46-44(30-16-6-2-7-17-30)48-45(47-43)36-23-12-22-34-37-28-31(26-27-40(37)50-42(34)36)33-21-13-25-39-41(33)35-20-10-11-24-38(35)49(39)32-18-8-3-9-19-32/h1-28H. The van der Waals surface area contributed by atoms with E-state index in [9.17, 15) is 0 Å². The van der Waals surface area contributed by atoms with E-state index in [4.69, 9.17) is 19.4 Å². The SMILES string of the molecule is c1ccc(-c2nc(-c3ccccc3)nc(-c3cccc4c3oc3ccc(-c5cccc6c5c5ccccc5n6-c5ccccc5)cc34)n2)cc1. The number of para-hydroxylation sites is 3. The zero-order valence-electron chi connectivity index (χ0n) is 26.9. The molecule has 10 rings (SSSR count). The van der Waals surface area contributed by atoms with Crippen LogP contribution in [0.4, 0.5) is 0 Å². The Hall–Kier alpha value is -6.85. The lowest BCUT2D eigenvalue weighted by Gasteiger charge is -2.09. The monoisotopic (exact) mass is 640 g/mol. The van der Waals surface area contributed by atoms with Gasteiger partial charge in [0.1, 0.15) is 11.2 Å². The van der Waals surface area contributed by atoms with Gasteiger partial charge in [-0.05, 0) is 53.6 Å². The molecule has 0 saturated heterocycles. The first-order chi connectivity index (χ1) is 24.8. The maximum Gasteiger partial charge on any atom is 0.167 e. The molecule has 0 radical (unpaired) electrons. The van der Waals surface area contributed by atoms with Gasteiger partial charge in [-0.2, -0.15) is 0 Å². The first kappa shape index (κ1) is 28.2. The summed E-state index contributed by atoms with van der Waals surface area (Å²) < 4.78 is 8.99. The van der Waals surface area contributed by atoms with E-state index in [1.54, 1.807) is 0 Å². The lowest BCUT2D eigenvalue weighted by Crippen LogP contribution is -2.00. The van der Waals surface area contributed by atoms with Crippen LogP contribution in [0.3, 0.4) is 0 Å². The summed E-state index contributed by atoms with van der Waals surface area (Å²) in [5, 5.41) is 4.51. The summed E-state index contributed by atoms with van der Waals surface area (Å²) in [5.74, 6) is 1.81. The number of furan rings is 1. The highest BCUT2D eigenvalue weighted by Gasteiger charge is 2.20. The van der Waals surface area contributed by atoms with Gasteiger partial charge in [-0.15, -0.1) is 0 Å². The normalized spacial score (nSPS) is 11.6. The molecule has 0 spiro atoms. The molecular weight excluding hydrogens is 613 g/mol. The minimum Gasteiger partial charge on any atom is -0.455 e. The van der Waals surface area contributed by atoms with Gasteiger partial charge in [0.15, 0.2) is 17.5 Å². The van der Waals surface area contributed by atoms with Gasteiger partial charge < -0.3 is 8.98 Å². The lowest BCUT2D eigenvalue weighted by molar-refractivity contribution is 0.669. The average Bonchev–Trinajstić information content (AvgIpc) is 3.74. The summed E-state index contributed by atoms with van der Waals surface area (Å²) >= 11 is 0. The van der Waals surface area contributed by atoms with Gasteiger partial charge in [0.2, 0.25) is 0 Å².